The zero-order valence-corrected chi connectivity index (χ0v) is 16.8. The predicted molar refractivity (Wildman–Crippen MR) is 105 cm³/mol. The molecule has 0 saturated carbocycles. The summed E-state index contributed by atoms with van der Waals surface area (Å²) in [7, 11) is 1.32. The number of aryl methyl sites for hydroxylation is 1. The Bertz CT molecular complexity index is 913. The van der Waals surface area contributed by atoms with Gasteiger partial charge in [0.1, 0.15) is 12.3 Å². The molecule has 0 aliphatic heterocycles. The lowest BCUT2D eigenvalue weighted by Crippen LogP contribution is -3.08. The van der Waals surface area contributed by atoms with Crippen molar-refractivity contribution in [1.82, 2.24) is 4.72 Å². The molecule has 2 aromatic rings. The maximum atomic E-state index is 12.3. The van der Waals surface area contributed by atoms with Gasteiger partial charge in [-0.2, -0.15) is 0 Å². The van der Waals surface area contributed by atoms with Crippen LogP contribution in [0.15, 0.2) is 47.4 Å². The van der Waals surface area contributed by atoms with Crippen molar-refractivity contribution < 1.29 is 22.8 Å². The van der Waals surface area contributed by atoms with Gasteiger partial charge in [-0.3, -0.25) is 4.79 Å². The number of hydrogen-bond donors (Lipinski definition) is 3. The molecule has 0 heterocycles. The van der Waals surface area contributed by atoms with Crippen LogP contribution in [-0.2, 0) is 21.4 Å². The third kappa shape index (κ3) is 5.78. The van der Waals surface area contributed by atoms with Crippen LogP contribution < -0.4 is 19.7 Å². The van der Waals surface area contributed by atoms with Crippen LogP contribution in [-0.4, -0.2) is 42.1 Å². The summed E-state index contributed by atoms with van der Waals surface area (Å²) in [6.07, 6.45) is 0. The summed E-state index contributed by atoms with van der Waals surface area (Å²) in [5.74, 6) is 0.592. The molecule has 1 unspecified atom stereocenters. The molecule has 0 aromatic heterocycles. The molecule has 8 heteroatoms. The highest BCUT2D eigenvalue weighted by atomic mass is 32.2. The Balaban J connectivity index is 2.02. The Morgan fingerprint density at radius 3 is 2.59 bits per heavy atom. The van der Waals surface area contributed by atoms with Gasteiger partial charge in [-0.1, -0.05) is 18.2 Å². The molecule has 1 atom stereocenters. The fourth-order valence-corrected chi connectivity index (χ4v) is 3.74. The minimum absolute atomic E-state index is 0.153. The summed E-state index contributed by atoms with van der Waals surface area (Å²) in [6.45, 7) is 2.62. The third-order valence-corrected chi connectivity index (χ3v) is 5.69. The van der Waals surface area contributed by atoms with Crippen LogP contribution in [0.2, 0.25) is 0 Å². The first-order valence-corrected chi connectivity index (χ1v) is 10.0. The fraction of sp³-hybridized carbons (Fsp3) is 0.316. The molecule has 1 amide bonds. The first-order chi connectivity index (χ1) is 12.7. The van der Waals surface area contributed by atoms with Crippen LogP contribution in [0.4, 0.5) is 5.69 Å². The summed E-state index contributed by atoms with van der Waals surface area (Å²) in [5, 5.41) is 2.77. The van der Waals surface area contributed by atoms with E-state index >= 15 is 0 Å². The lowest BCUT2D eigenvalue weighted by atomic mass is 10.2. The molecule has 0 fully saturated rings. The van der Waals surface area contributed by atoms with E-state index in [0.717, 1.165) is 16.2 Å². The van der Waals surface area contributed by atoms with Crippen molar-refractivity contribution in [3.8, 4) is 5.75 Å². The van der Waals surface area contributed by atoms with Gasteiger partial charge in [-0.25, -0.2) is 13.1 Å². The molecule has 0 bridgehead atoms. The number of hydrogen-bond acceptors (Lipinski definition) is 4. The second kappa shape index (κ2) is 8.98. The van der Waals surface area contributed by atoms with Gasteiger partial charge in [0.2, 0.25) is 10.0 Å². The second-order valence-electron chi connectivity index (χ2n) is 6.40. The molecular formula is C19H26N3O4S+. The molecule has 7 nitrogen and oxygen atoms in total. The Labute approximate surface area is 160 Å². The van der Waals surface area contributed by atoms with Gasteiger partial charge in [-0.15, -0.1) is 0 Å². The smallest absolute Gasteiger partial charge is 0.279 e. The number of ether oxygens (including phenoxy) is 1. The molecule has 0 spiro atoms. The van der Waals surface area contributed by atoms with Crippen molar-refractivity contribution in [3.05, 3.63) is 53.6 Å². The van der Waals surface area contributed by atoms with Crippen LogP contribution in [0.5, 0.6) is 5.75 Å². The number of likely N-dealkylation sites (N-methyl/N-ethyl adjacent to an activating group) is 1. The number of carbonyl (C=O) groups excluding carboxylic acids is 1. The van der Waals surface area contributed by atoms with Gasteiger partial charge < -0.3 is 15.0 Å². The summed E-state index contributed by atoms with van der Waals surface area (Å²) >= 11 is 0. The third-order valence-electron chi connectivity index (χ3n) is 4.13. The van der Waals surface area contributed by atoms with Gasteiger partial charge in [0.25, 0.3) is 5.91 Å². The second-order valence-corrected chi connectivity index (χ2v) is 8.25. The minimum atomic E-state index is -3.58. The number of carbonyl (C=O) groups is 1. The highest BCUT2D eigenvalue weighted by Crippen LogP contribution is 2.19. The average molecular weight is 393 g/mol. The van der Waals surface area contributed by atoms with Crippen molar-refractivity contribution in [1.29, 1.82) is 0 Å². The Kier molecular flexibility index (Phi) is 6.95. The van der Waals surface area contributed by atoms with Crippen LogP contribution in [0.3, 0.4) is 0 Å². The number of nitrogens with one attached hydrogen (secondary N) is 3. The van der Waals surface area contributed by atoms with E-state index in [1.807, 2.05) is 31.3 Å². The molecule has 146 valence electrons. The SMILES string of the molecule is CNS(=O)(=O)c1cc(NC(=O)C[NH+](C)Cc2cccc(OC)c2)ccc1C. The van der Waals surface area contributed by atoms with Gasteiger partial charge >= 0.3 is 0 Å². The number of rotatable bonds is 8. The predicted octanol–water partition coefficient (Wildman–Crippen LogP) is 0.565. The minimum Gasteiger partial charge on any atom is -0.497 e. The Hall–Kier alpha value is -2.42. The van der Waals surface area contributed by atoms with Crippen molar-refractivity contribution in [3.63, 3.8) is 0 Å². The monoisotopic (exact) mass is 392 g/mol. The zero-order valence-electron chi connectivity index (χ0n) is 16.0. The maximum absolute atomic E-state index is 12.3. The topological polar surface area (TPSA) is 88.9 Å². The number of benzene rings is 2. The van der Waals surface area contributed by atoms with E-state index in [0.29, 0.717) is 17.8 Å². The normalized spacial score (nSPS) is 12.4. The van der Waals surface area contributed by atoms with E-state index in [1.54, 1.807) is 26.2 Å². The molecule has 27 heavy (non-hydrogen) atoms. The average Bonchev–Trinajstić information content (AvgIpc) is 2.63. The molecule has 0 radical (unpaired) electrons. The number of sulfonamides is 1. The largest absolute Gasteiger partial charge is 0.497 e. The van der Waals surface area contributed by atoms with E-state index in [2.05, 4.69) is 10.0 Å². The van der Waals surface area contributed by atoms with Crippen molar-refractivity contribution in [2.24, 2.45) is 0 Å². The summed E-state index contributed by atoms with van der Waals surface area (Å²) in [5.41, 5.74) is 2.13. The summed E-state index contributed by atoms with van der Waals surface area (Å²) in [6, 6.07) is 12.6. The molecule has 2 aromatic carbocycles. The standard InChI is InChI=1S/C19H25N3O4S/c1-14-8-9-16(11-18(14)27(24,25)20-2)21-19(23)13-22(3)12-15-6-5-7-17(10-15)26-4/h5-11,20H,12-13H2,1-4H3,(H,21,23)/p+1. The van der Waals surface area contributed by atoms with E-state index in [4.69, 9.17) is 4.74 Å². The van der Waals surface area contributed by atoms with Gasteiger partial charge in [-0.05, 0) is 43.8 Å². The molecule has 2 rings (SSSR count). The first kappa shape index (κ1) is 20.9. The van der Waals surface area contributed by atoms with E-state index in [-0.39, 0.29) is 17.3 Å². The van der Waals surface area contributed by atoms with Crippen LogP contribution >= 0.6 is 0 Å². The Morgan fingerprint density at radius 2 is 1.93 bits per heavy atom. The van der Waals surface area contributed by atoms with Gasteiger partial charge in [0, 0.05) is 11.3 Å². The number of methoxy groups -OCH3 is 1. The highest BCUT2D eigenvalue weighted by molar-refractivity contribution is 7.89. The fourth-order valence-electron chi connectivity index (χ4n) is 2.75. The number of quaternary nitrogens is 1. The van der Waals surface area contributed by atoms with Crippen molar-refractivity contribution in [2.75, 3.05) is 33.1 Å². The molecule has 0 saturated heterocycles. The van der Waals surface area contributed by atoms with Crippen LogP contribution in [0.25, 0.3) is 0 Å². The highest BCUT2D eigenvalue weighted by Gasteiger charge is 2.17. The number of anilines is 1. The van der Waals surface area contributed by atoms with E-state index < -0.39 is 10.0 Å². The zero-order chi connectivity index (χ0) is 20.0. The molecule has 0 aliphatic rings. The maximum Gasteiger partial charge on any atom is 0.279 e. The van der Waals surface area contributed by atoms with Crippen LogP contribution in [0, 0.1) is 6.92 Å². The number of amides is 1. The molecular weight excluding hydrogens is 366 g/mol. The summed E-state index contributed by atoms with van der Waals surface area (Å²) < 4.78 is 31.6. The van der Waals surface area contributed by atoms with Gasteiger partial charge in [0.05, 0.1) is 19.1 Å². The van der Waals surface area contributed by atoms with E-state index in [1.165, 1.54) is 13.1 Å². The lowest BCUT2D eigenvalue weighted by molar-refractivity contribution is -0.885. The van der Waals surface area contributed by atoms with Crippen molar-refractivity contribution in [2.45, 2.75) is 18.4 Å². The Morgan fingerprint density at radius 1 is 1.19 bits per heavy atom. The molecule has 0 aliphatic carbocycles. The lowest BCUT2D eigenvalue weighted by Gasteiger charge is -2.15. The van der Waals surface area contributed by atoms with Gasteiger partial charge in [0.15, 0.2) is 6.54 Å². The molecule has 3 N–H and O–H groups in total. The van der Waals surface area contributed by atoms with Crippen LogP contribution in [0.1, 0.15) is 11.1 Å². The quantitative estimate of drug-likeness (QED) is 0.613. The van der Waals surface area contributed by atoms with Crippen molar-refractivity contribution >= 4 is 21.6 Å². The summed E-state index contributed by atoms with van der Waals surface area (Å²) in [4.78, 5) is 13.5. The first-order valence-electron chi connectivity index (χ1n) is 8.53. The van der Waals surface area contributed by atoms with E-state index in [9.17, 15) is 13.2 Å².